The third-order valence-electron chi connectivity index (χ3n) is 3.46. The molecular formula is C17H13F4N2P. The Hall–Kier alpha value is -2.20. The standard InChI is InChI=1S/C17H13F4N2P/c18-16(19)17(20,21)14-11-15(23-22-14)24(12-7-3-1-4-8-12)13-9-5-2-6-10-13/h1-11,16H,(H,22,23). The lowest BCUT2D eigenvalue weighted by Crippen LogP contribution is -2.24. The Balaban J connectivity index is 2.06. The van der Waals surface area contributed by atoms with Crippen molar-refractivity contribution in [2.45, 2.75) is 12.3 Å². The molecule has 3 rings (SSSR count). The van der Waals surface area contributed by atoms with Crippen molar-refractivity contribution in [3.63, 3.8) is 0 Å². The van der Waals surface area contributed by atoms with Crippen LogP contribution in [-0.2, 0) is 5.92 Å². The number of alkyl halides is 4. The summed E-state index contributed by atoms with van der Waals surface area (Å²) in [5, 5.41) is 7.79. The highest BCUT2D eigenvalue weighted by Gasteiger charge is 2.44. The minimum absolute atomic E-state index is 0.331. The van der Waals surface area contributed by atoms with E-state index in [9.17, 15) is 17.6 Å². The molecular weight excluding hydrogens is 339 g/mol. The zero-order chi connectivity index (χ0) is 17.2. The van der Waals surface area contributed by atoms with E-state index in [2.05, 4.69) is 10.2 Å². The number of hydrogen-bond acceptors (Lipinski definition) is 1. The number of nitrogens with zero attached hydrogens (tertiary/aromatic N) is 1. The summed E-state index contributed by atoms with van der Waals surface area (Å²) in [6, 6.07) is 19.6. The van der Waals surface area contributed by atoms with Crippen LogP contribution in [-0.4, -0.2) is 16.6 Å². The van der Waals surface area contributed by atoms with Crippen LogP contribution in [0.5, 0.6) is 0 Å². The van der Waals surface area contributed by atoms with Crippen LogP contribution in [0.25, 0.3) is 0 Å². The highest BCUT2D eigenvalue weighted by Crippen LogP contribution is 2.36. The minimum Gasteiger partial charge on any atom is -0.276 e. The van der Waals surface area contributed by atoms with E-state index in [1.165, 1.54) is 0 Å². The van der Waals surface area contributed by atoms with Crippen molar-refractivity contribution in [1.29, 1.82) is 0 Å². The number of aromatic amines is 1. The molecule has 0 spiro atoms. The summed E-state index contributed by atoms with van der Waals surface area (Å²) in [5.41, 5.74) is -0.537. The van der Waals surface area contributed by atoms with Gasteiger partial charge in [0.1, 0.15) is 5.69 Å². The van der Waals surface area contributed by atoms with E-state index in [0.29, 0.717) is 5.44 Å². The Morgan fingerprint density at radius 1 is 0.875 bits per heavy atom. The quantitative estimate of drug-likeness (QED) is 0.552. The third-order valence-corrected chi connectivity index (χ3v) is 5.77. The van der Waals surface area contributed by atoms with Crippen molar-refractivity contribution in [1.82, 2.24) is 10.2 Å². The summed E-state index contributed by atoms with van der Waals surface area (Å²) >= 11 is 0. The molecule has 0 aliphatic rings. The molecule has 1 N–H and O–H groups in total. The molecule has 124 valence electrons. The van der Waals surface area contributed by atoms with Crippen LogP contribution in [0.2, 0.25) is 0 Å². The number of nitrogens with one attached hydrogen (secondary N) is 1. The van der Waals surface area contributed by atoms with Gasteiger partial charge in [-0.15, -0.1) is 0 Å². The predicted octanol–water partition coefficient (Wildman–Crippen LogP) is 3.52. The van der Waals surface area contributed by atoms with Crippen LogP contribution in [0.4, 0.5) is 17.6 Å². The van der Waals surface area contributed by atoms with Gasteiger partial charge in [-0.1, -0.05) is 60.7 Å². The van der Waals surface area contributed by atoms with Crippen LogP contribution >= 0.6 is 7.92 Å². The summed E-state index contributed by atoms with van der Waals surface area (Å²) in [7, 11) is -1.21. The van der Waals surface area contributed by atoms with Crippen LogP contribution in [0, 0.1) is 0 Å². The van der Waals surface area contributed by atoms with Gasteiger partial charge in [-0.05, 0) is 16.7 Å². The maximum Gasteiger partial charge on any atom is 0.348 e. The van der Waals surface area contributed by atoms with Crippen molar-refractivity contribution in [2.24, 2.45) is 0 Å². The molecule has 0 fully saturated rings. The molecule has 2 aromatic carbocycles. The number of aromatic nitrogens is 2. The first kappa shape index (κ1) is 16.7. The molecule has 1 heterocycles. The first-order chi connectivity index (χ1) is 11.5. The van der Waals surface area contributed by atoms with Gasteiger partial charge in [0.25, 0.3) is 0 Å². The molecule has 0 amide bonds. The monoisotopic (exact) mass is 352 g/mol. The molecule has 0 atom stereocenters. The highest BCUT2D eigenvalue weighted by atomic mass is 31.1. The van der Waals surface area contributed by atoms with E-state index in [1.54, 1.807) is 0 Å². The van der Waals surface area contributed by atoms with E-state index in [1.807, 2.05) is 60.7 Å². The van der Waals surface area contributed by atoms with E-state index in [0.717, 1.165) is 16.7 Å². The first-order valence-corrected chi connectivity index (χ1v) is 8.46. The van der Waals surface area contributed by atoms with Crippen molar-refractivity contribution in [2.75, 3.05) is 0 Å². The van der Waals surface area contributed by atoms with Gasteiger partial charge in [-0.3, -0.25) is 5.10 Å². The Bertz CT molecular complexity index is 751. The fourth-order valence-electron chi connectivity index (χ4n) is 2.28. The molecule has 0 bridgehead atoms. The number of halogens is 4. The second-order valence-electron chi connectivity index (χ2n) is 5.07. The summed E-state index contributed by atoms with van der Waals surface area (Å²) in [6.45, 7) is 0. The lowest BCUT2D eigenvalue weighted by Gasteiger charge is -2.16. The van der Waals surface area contributed by atoms with Gasteiger partial charge in [0.05, 0.1) is 5.44 Å². The third kappa shape index (κ3) is 3.20. The maximum atomic E-state index is 13.5. The van der Waals surface area contributed by atoms with Crippen molar-refractivity contribution in [3.8, 4) is 0 Å². The Kier molecular flexibility index (Phi) is 4.67. The van der Waals surface area contributed by atoms with E-state index < -0.39 is 26.0 Å². The second-order valence-corrected chi connectivity index (χ2v) is 7.23. The summed E-state index contributed by atoms with van der Waals surface area (Å²) in [5.74, 6) is -4.25. The van der Waals surface area contributed by atoms with E-state index >= 15 is 0 Å². The van der Waals surface area contributed by atoms with Crippen molar-refractivity contribution < 1.29 is 17.6 Å². The predicted molar refractivity (Wildman–Crippen MR) is 87.2 cm³/mol. The SMILES string of the molecule is FC(F)C(F)(F)c1cc(P(c2ccccc2)c2ccccc2)n[nH]1. The molecule has 0 saturated heterocycles. The second kappa shape index (κ2) is 6.73. The zero-order valence-electron chi connectivity index (χ0n) is 12.3. The van der Waals surface area contributed by atoms with Crippen LogP contribution in [0.1, 0.15) is 5.69 Å². The molecule has 2 nitrogen and oxygen atoms in total. The molecule has 7 heteroatoms. The molecule has 0 aliphatic carbocycles. The smallest absolute Gasteiger partial charge is 0.276 e. The maximum absolute atomic E-state index is 13.5. The number of H-pyrrole nitrogens is 1. The van der Waals surface area contributed by atoms with E-state index in [-0.39, 0.29) is 0 Å². The molecule has 0 unspecified atom stereocenters. The molecule has 0 saturated carbocycles. The van der Waals surface area contributed by atoms with Crippen molar-refractivity contribution in [3.05, 3.63) is 72.4 Å². The number of benzene rings is 2. The van der Waals surface area contributed by atoms with Gasteiger partial charge in [0.2, 0.25) is 0 Å². The normalized spacial score (nSPS) is 12.1. The lowest BCUT2D eigenvalue weighted by atomic mass is 10.2. The fraction of sp³-hybridized carbons (Fsp3) is 0.118. The van der Waals surface area contributed by atoms with Gasteiger partial charge < -0.3 is 0 Å². The number of hydrogen-bond donors (Lipinski definition) is 1. The molecule has 24 heavy (non-hydrogen) atoms. The summed E-state index contributed by atoms with van der Waals surface area (Å²) < 4.78 is 52.2. The first-order valence-electron chi connectivity index (χ1n) is 7.12. The van der Waals surface area contributed by atoms with Gasteiger partial charge in [0, 0.05) is 7.92 Å². The van der Waals surface area contributed by atoms with E-state index in [4.69, 9.17) is 0 Å². The van der Waals surface area contributed by atoms with Crippen LogP contribution < -0.4 is 16.0 Å². The summed E-state index contributed by atoms with van der Waals surface area (Å²) in [6.07, 6.45) is -3.79. The Labute approximate surface area is 137 Å². The molecule has 0 radical (unpaired) electrons. The molecule has 0 aliphatic heterocycles. The Morgan fingerprint density at radius 3 is 1.83 bits per heavy atom. The number of rotatable bonds is 5. The van der Waals surface area contributed by atoms with Gasteiger partial charge in [0.15, 0.2) is 0 Å². The molecule has 3 aromatic rings. The average Bonchev–Trinajstić information content (AvgIpc) is 3.07. The highest BCUT2D eigenvalue weighted by molar-refractivity contribution is 7.79. The molecule has 1 aromatic heterocycles. The zero-order valence-corrected chi connectivity index (χ0v) is 13.2. The lowest BCUT2D eigenvalue weighted by molar-refractivity contribution is -0.137. The van der Waals surface area contributed by atoms with Gasteiger partial charge in [-0.25, -0.2) is 8.78 Å². The van der Waals surface area contributed by atoms with Crippen LogP contribution in [0.15, 0.2) is 66.7 Å². The largest absolute Gasteiger partial charge is 0.348 e. The summed E-state index contributed by atoms with van der Waals surface area (Å²) in [4.78, 5) is 0. The Morgan fingerprint density at radius 2 is 1.38 bits per heavy atom. The fourth-order valence-corrected chi connectivity index (χ4v) is 4.46. The van der Waals surface area contributed by atoms with Crippen molar-refractivity contribution >= 4 is 24.0 Å². The topological polar surface area (TPSA) is 28.7 Å². The van der Waals surface area contributed by atoms with Crippen LogP contribution in [0.3, 0.4) is 0 Å². The minimum atomic E-state index is -4.25. The van der Waals surface area contributed by atoms with Gasteiger partial charge in [-0.2, -0.15) is 13.9 Å². The average molecular weight is 352 g/mol. The van der Waals surface area contributed by atoms with Gasteiger partial charge >= 0.3 is 12.3 Å².